The highest BCUT2D eigenvalue weighted by molar-refractivity contribution is 5.77. The Morgan fingerprint density at radius 2 is 1.37 bits per heavy atom. The summed E-state index contributed by atoms with van der Waals surface area (Å²) < 4.78 is 82.9. The van der Waals surface area contributed by atoms with Gasteiger partial charge in [0.15, 0.2) is 0 Å². The van der Waals surface area contributed by atoms with Crippen molar-refractivity contribution in [3.63, 3.8) is 0 Å². The molecular formula is C32H39F6N3O2. The van der Waals surface area contributed by atoms with Gasteiger partial charge in [-0.3, -0.25) is 14.5 Å². The van der Waals surface area contributed by atoms with Crippen LogP contribution in [0.25, 0.3) is 0 Å². The predicted molar refractivity (Wildman–Crippen MR) is 151 cm³/mol. The fourth-order valence-corrected chi connectivity index (χ4v) is 6.28. The SMILES string of the molecule is CC(=O)N1CCC(CC(=O)N2CCN(C(c3ccccc3)c3cc(C(F)(F)F)cc(C(F)(F)F)c3)C[C@@H]2C(C)(C)C)CC1. The van der Waals surface area contributed by atoms with Crippen molar-refractivity contribution in [3.8, 4) is 0 Å². The third kappa shape index (κ3) is 7.91. The maximum Gasteiger partial charge on any atom is 0.416 e. The standard InChI is InChI=1S/C32H39F6N3O2/c1-21(42)39-12-10-22(11-13-39)16-28(43)41-15-14-40(20-27(41)30(2,3)4)29(23-8-6-5-7-9-23)24-17-25(31(33,34)35)19-26(18-24)32(36,37)38/h5-9,17-19,22,27,29H,10-16,20H2,1-4H3/t27-,29?/m1/s1. The Morgan fingerprint density at radius 1 is 0.814 bits per heavy atom. The summed E-state index contributed by atoms with van der Waals surface area (Å²) in [6, 6.07) is 9.12. The van der Waals surface area contributed by atoms with E-state index in [1.54, 1.807) is 35.2 Å². The molecule has 0 N–H and O–H groups in total. The maximum atomic E-state index is 13.8. The summed E-state index contributed by atoms with van der Waals surface area (Å²) in [6.45, 7) is 9.54. The van der Waals surface area contributed by atoms with Gasteiger partial charge < -0.3 is 9.80 Å². The Hall–Kier alpha value is -3.08. The van der Waals surface area contributed by atoms with Gasteiger partial charge >= 0.3 is 12.4 Å². The fourth-order valence-electron chi connectivity index (χ4n) is 6.28. The number of rotatable bonds is 5. The van der Waals surface area contributed by atoms with E-state index < -0.39 is 34.9 Å². The van der Waals surface area contributed by atoms with E-state index in [4.69, 9.17) is 0 Å². The van der Waals surface area contributed by atoms with Gasteiger partial charge in [-0.1, -0.05) is 51.1 Å². The molecule has 2 aromatic carbocycles. The molecule has 0 aromatic heterocycles. The van der Waals surface area contributed by atoms with Gasteiger partial charge in [0.05, 0.1) is 17.2 Å². The molecule has 0 radical (unpaired) electrons. The summed E-state index contributed by atoms with van der Waals surface area (Å²) >= 11 is 0. The zero-order valence-electron chi connectivity index (χ0n) is 24.9. The van der Waals surface area contributed by atoms with Crippen LogP contribution in [0.5, 0.6) is 0 Å². The molecule has 2 aliphatic rings. The Balaban J connectivity index is 1.65. The maximum absolute atomic E-state index is 13.8. The summed E-state index contributed by atoms with van der Waals surface area (Å²) in [7, 11) is 0. The molecule has 2 aromatic rings. The van der Waals surface area contributed by atoms with Crippen LogP contribution in [-0.2, 0) is 21.9 Å². The van der Waals surface area contributed by atoms with Crippen LogP contribution in [0.3, 0.4) is 0 Å². The van der Waals surface area contributed by atoms with E-state index in [-0.39, 0.29) is 48.5 Å². The minimum atomic E-state index is -4.96. The second-order valence-electron chi connectivity index (χ2n) is 12.8. The minimum Gasteiger partial charge on any atom is -0.343 e. The van der Waals surface area contributed by atoms with Crippen molar-refractivity contribution in [3.05, 3.63) is 70.8 Å². The van der Waals surface area contributed by atoms with E-state index in [1.807, 2.05) is 30.6 Å². The van der Waals surface area contributed by atoms with Gasteiger partial charge in [0.2, 0.25) is 11.8 Å². The molecule has 43 heavy (non-hydrogen) atoms. The fraction of sp³-hybridized carbons (Fsp3) is 0.562. The molecule has 2 atom stereocenters. The van der Waals surface area contributed by atoms with Crippen LogP contribution >= 0.6 is 0 Å². The molecule has 2 heterocycles. The molecule has 1 unspecified atom stereocenters. The molecule has 2 fully saturated rings. The highest BCUT2D eigenvalue weighted by Crippen LogP contribution is 2.41. The number of hydrogen-bond donors (Lipinski definition) is 0. The van der Waals surface area contributed by atoms with Crippen LogP contribution < -0.4 is 0 Å². The third-order valence-corrected chi connectivity index (χ3v) is 8.66. The Morgan fingerprint density at radius 3 is 1.86 bits per heavy atom. The van der Waals surface area contributed by atoms with Gasteiger partial charge in [0.1, 0.15) is 0 Å². The largest absolute Gasteiger partial charge is 0.416 e. The number of alkyl halides is 6. The van der Waals surface area contributed by atoms with Gasteiger partial charge in [-0.15, -0.1) is 0 Å². The van der Waals surface area contributed by atoms with Crippen molar-refractivity contribution in [1.82, 2.24) is 14.7 Å². The molecule has 5 nitrogen and oxygen atoms in total. The van der Waals surface area contributed by atoms with Crippen LogP contribution in [0.1, 0.15) is 75.3 Å². The Bertz CT molecular complexity index is 1250. The summed E-state index contributed by atoms with van der Waals surface area (Å²) in [5.74, 6) is 0.144. The van der Waals surface area contributed by atoms with Crippen LogP contribution in [0.15, 0.2) is 48.5 Å². The number of piperazine rings is 1. The molecule has 236 valence electrons. The van der Waals surface area contributed by atoms with Crippen LogP contribution in [0.2, 0.25) is 0 Å². The van der Waals surface area contributed by atoms with E-state index in [0.717, 1.165) is 25.0 Å². The zero-order valence-corrected chi connectivity index (χ0v) is 24.9. The van der Waals surface area contributed by atoms with Gasteiger partial charge in [-0.05, 0) is 53.5 Å². The lowest BCUT2D eigenvalue weighted by atomic mass is 9.82. The highest BCUT2D eigenvalue weighted by Gasteiger charge is 2.42. The number of carbonyl (C=O) groups excluding carboxylic acids is 2. The number of carbonyl (C=O) groups is 2. The van der Waals surface area contributed by atoms with Crippen LogP contribution in [0, 0.1) is 11.3 Å². The van der Waals surface area contributed by atoms with Gasteiger partial charge in [0.25, 0.3) is 0 Å². The third-order valence-electron chi connectivity index (χ3n) is 8.66. The lowest BCUT2D eigenvalue weighted by molar-refractivity contribution is -0.144. The summed E-state index contributed by atoms with van der Waals surface area (Å²) in [5.41, 5.74) is -2.65. The number of piperidine rings is 1. The second kappa shape index (κ2) is 12.5. The summed E-state index contributed by atoms with van der Waals surface area (Å²) in [6.07, 6.45) is -8.12. The second-order valence-corrected chi connectivity index (χ2v) is 12.8. The Kier molecular flexibility index (Phi) is 9.54. The monoisotopic (exact) mass is 611 g/mol. The lowest BCUT2D eigenvalue weighted by Gasteiger charge is -2.50. The molecular weight excluding hydrogens is 572 g/mol. The van der Waals surface area contributed by atoms with Gasteiger partial charge in [-0.25, -0.2) is 0 Å². The van der Waals surface area contributed by atoms with Gasteiger partial charge in [0, 0.05) is 52.1 Å². The number of hydrogen-bond acceptors (Lipinski definition) is 3. The van der Waals surface area contributed by atoms with E-state index in [2.05, 4.69) is 0 Å². The van der Waals surface area contributed by atoms with Crippen LogP contribution in [0.4, 0.5) is 26.3 Å². The number of benzene rings is 2. The van der Waals surface area contributed by atoms with E-state index in [1.165, 1.54) is 6.92 Å². The predicted octanol–water partition coefficient (Wildman–Crippen LogP) is 7.02. The van der Waals surface area contributed by atoms with Crippen molar-refractivity contribution in [1.29, 1.82) is 0 Å². The summed E-state index contributed by atoms with van der Waals surface area (Å²) in [4.78, 5) is 30.8. The molecule has 2 amide bonds. The minimum absolute atomic E-state index is 0.0180. The first kappa shape index (κ1) is 32.8. The molecule has 2 aliphatic heterocycles. The van der Waals surface area contributed by atoms with Gasteiger partial charge in [-0.2, -0.15) is 26.3 Å². The first-order chi connectivity index (χ1) is 19.9. The van der Waals surface area contributed by atoms with E-state index >= 15 is 0 Å². The number of likely N-dealkylation sites (tertiary alicyclic amines) is 1. The smallest absolute Gasteiger partial charge is 0.343 e. The van der Waals surface area contributed by atoms with Crippen molar-refractivity contribution in [2.45, 2.75) is 71.4 Å². The van der Waals surface area contributed by atoms with E-state index in [0.29, 0.717) is 31.6 Å². The van der Waals surface area contributed by atoms with Crippen LogP contribution in [-0.4, -0.2) is 65.3 Å². The molecule has 11 heteroatoms. The number of halogens is 6. The first-order valence-electron chi connectivity index (χ1n) is 14.6. The molecule has 4 rings (SSSR count). The average molecular weight is 612 g/mol. The van der Waals surface area contributed by atoms with Crippen molar-refractivity contribution in [2.75, 3.05) is 32.7 Å². The Labute approximate surface area is 248 Å². The van der Waals surface area contributed by atoms with E-state index in [9.17, 15) is 35.9 Å². The number of amides is 2. The summed E-state index contributed by atoms with van der Waals surface area (Å²) in [5, 5.41) is 0. The molecule has 0 saturated carbocycles. The molecule has 0 bridgehead atoms. The molecule has 0 aliphatic carbocycles. The van der Waals surface area contributed by atoms with Crippen molar-refractivity contribution < 1.29 is 35.9 Å². The quantitative estimate of drug-likeness (QED) is 0.342. The number of nitrogens with zero attached hydrogens (tertiary/aromatic N) is 3. The highest BCUT2D eigenvalue weighted by atomic mass is 19.4. The molecule has 0 spiro atoms. The normalized spacial score (nSPS) is 20.3. The first-order valence-corrected chi connectivity index (χ1v) is 14.6. The zero-order chi connectivity index (χ0) is 31.7. The average Bonchev–Trinajstić information content (AvgIpc) is 2.92. The van der Waals surface area contributed by atoms with Crippen molar-refractivity contribution in [2.24, 2.45) is 11.3 Å². The molecule has 2 saturated heterocycles. The lowest BCUT2D eigenvalue weighted by Crippen LogP contribution is -2.60. The topological polar surface area (TPSA) is 43.9 Å². The van der Waals surface area contributed by atoms with Crippen molar-refractivity contribution >= 4 is 11.8 Å².